The number of alkyl halides is 1. The molecule has 1 aromatic rings. The second kappa shape index (κ2) is 10.0. The fourth-order valence-electron chi connectivity index (χ4n) is 4.32. The summed E-state index contributed by atoms with van der Waals surface area (Å²) in [5.74, 6) is -0.230. The molecular weight excluding hydrogens is 479 g/mol. The molecular formula is C20H28ClN2O9P. The number of aromatic amines is 1. The molecule has 4 rings (SSSR count). The number of fused-ring (bicyclic) bond motifs is 1. The van der Waals surface area contributed by atoms with E-state index in [1.807, 2.05) is 0 Å². The number of hydrogen-bond acceptors (Lipinski definition) is 9. The van der Waals surface area contributed by atoms with Crippen LogP contribution in [0.1, 0.15) is 58.1 Å². The summed E-state index contributed by atoms with van der Waals surface area (Å²) in [7, 11) is -3.91. The van der Waals surface area contributed by atoms with Crippen molar-refractivity contribution in [3.63, 3.8) is 0 Å². The predicted octanol–water partition coefficient (Wildman–Crippen LogP) is 2.63. The normalized spacial score (nSPS) is 34.3. The molecule has 13 heteroatoms. The number of ether oxygens (including phenoxy) is 2. The van der Waals surface area contributed by atoms with Crippen molar-refractivity contribution < 1.29 is 32.4 Å². The van der Waals surface area contributed by atoms with E-state index in [4.69, 9.17) is 34.6 Å². The number of aromatic nitrogens is 2. The van der Waals surface area contributed by atoms with E-state index >= 15 is 0 Å². The second-order valence-corrected chi connectivity index (χ2v) is 11.1. The van der Waals surface area contributed by atoms with Crippen LogP contribution in [0.4, 0.5) is 0 Å². The minimum atomic E-state index is -3.91. The summed E-state index contributed by atoms with van der Waals surface area (Å²) >= 11 is 6.68. The largest absolute Gasteiger partial charge is 0.475 e. The van der Waals surface area contributed by atoms with Gasteiger partial charge in [0.1, 0.15) is 23.2 Å². The number of halogens is 1. The maximum absolute atomic E-state index is 13.0. The van der Waals surface area contributed by atoms with Crippen LogP contribution in [0.25, 0.3) is 0 Å². The molecule has 184 valence electrons. The molecule has 11 nitrogen and oxygen atoms in total. The Labute approximate surface area is 195 Å². The Morgan fingerprint density at radius 2 is 2.09 bits per heavy atom. The monoisotopic (exact) mass is 506 g/mol. The van der Waals surface area contributed by atoms with Gasteiger partial charge in [-0.15, -0.1) is 11.6 Å². The maximum Gasteiger partial charge on any atom is 0.475 e. The van der Waals surface area contributed by atoms with Crippen molar-refractivity contribution in [2.45, 2.75) is 81.3 Å². The lowest BCUT2D eigenvalue weighted by Gasteiger charge is -2.34. The van der Waals surface area contributed by atoms with Gasteiger partial charge in [0.25, 0.3) is 5.56 Å². The molecule has 3 fully saturated rings. The van der Waals surface area contributed by atoms with Gasteiger partial charge in [-0.05, 0) is 45.4 Å². The fourth-order valence-corrected chi connectivity index (χ4v) is 6.24. The van der Waals surface area contributed by atoms with E-state index in [-0.39, 0.29) is 31.7 Å². The van der Waals surface area contributed by atoms with Crippen molar-refractivity contribution in [3.05, 3.63) is 33.1 Å². The Morgan fingerprint density at radius 3 is 2.82 bits per heavy atom. The molecule has 2 saturated heterocycles. The average Bonchev–Trinajstić information content (AvgIpc) is 3.34. The Kier molecular flexibility index (Phi) is 7.47. The molecule has 2 aliphatic heterocycles. The third-order valence-electron chi connectivity index (χ3n) is 6.05. The van der Waals surface area contributed by atoms with Crippen molar-refractivity contribution >= 4 is 25.4 Å². The number of nitrogens with zero attached hydrogens (tertiary/aromatic N) is 1. The van der Waals surface area contributed by atoms with Gasteiger partial charge in [-0.2, -0.15) is 0 Å². The summed E-state index contributed by atoms with van der Waals surface area (Å²) in [4.78, 5) is 36.3. The van der Waals surface area contributed by atoms with Gasteiger partial charge in [0, 0.05) is 18.7 Å². The zero-order valence-corrected chi connectivity index (χ0v) is 19.9. The third-order valence-corrected chi connectivity index (χ3v) is 7.90. The number of nitrogens with one attached hydrogen (secondary N) is 1. The molecule has 0 radical (unpaired) electrons. The highest BCUT2D eigenvalue weighted by Gasteiger charge is 2.60. The Bertz CT molecular complexity index is 1020. The summed E-state index contributed by atoms with van der Waals surface area (Å²) < 4.78 is 41.7. The lowest BCUT2D eigenvalue weighted by Crippen LogP contribution is -2.45. The minimum absolute atomic E-state index is 0.0379. The van der Waals surface area contributed by atoms with Crippen LogP contribution in [0.2, 0.25) is 0 Å². The van der Waals surface area contributed by atoms with Crippen molar-refractivity contribution in [3.8, 4) is 0 Å². The minimum Gasteiger partial charge on any atom is -0.462 e. The van der Waals surface area contributed by atoms with E-state index in [1.165, 1.54) is 12.3 Å². The van der Waals surface area contributed by atoms with Crippen LogP contribution in [-0.2, 0) is 32.4 Å². The molecule has 3 aliphatic rings. The molecule has 1 saturated carbocycles. The molecule has 1 aromatic heterocycles. The lowest BCUT2D eigenvalue weighted by molar-refractivity contribution is -0.148. The number of hydrogen-bond donors (Lipinski definition) is 1. The number of esters is 1. The van der Waals surface area contributed by atoms with Crippen molar-refractivity contribution in [2.75, 3.05) is 13.2 Å². The Balaban J connectivity index is 1.28. The molecule has 5 atom stereocenters. The molecule has 0 bridgehead atoms. The number of carbonyl (C=O) groups is 1. The third kappa shape index (κ3) is 5.61. The molecule has 0 spiro atoms. The summed E-state index contributed by atoms with van der Waals surface area (Å²) in [5, 5.41) is 0. The molecule has 33 heavy (non-hydrogen) atoms. The topological polar surface area (TPSA) is 135 Å². The van der Waals surface area contributed by atoms with Gasteiger partial charge in [0.05, 0.1) is 13.2 Å². The van der Waals surface area contributed by atoms with Gasteiger partial charge < -0.3 is 9.47 Å². The van der Waals surface area contributed by atoms with Gasteiger partial charge in [0.15, 0.2) is 6.23 Å². The Hall–Kier alpha value is -1.49. The molecule has 3 heterocycles. The van der Waals surface area contributed by atoms with Gasteiger partial charge in [-0.1, -0.05) is 0 Å². The SMILES string of the molecule is C[C@@]1(Cl)[C@@H]2OP(=O)(OCCCCC(=O)OC3CCCC3)OC[C@H]2O[C@H]1n1ccc(=O)[nH]c1=O. The van der Waals surface area contributed by atoms with E-state index in [1.54, 1.807) is 6.92 Å². The van der Waals surface area contributed by atoms with E-state index in [0.29, 0.717) is 12.8 Å². The first-order chi connectivity index (χ1) is 15.7. The number of H-pyrrole nitrogens is 1. The van der Waals surface area contributed by atoms with E-state index in [0.717, 1.165) is 30.3 Å². The fraction of sp³-hybridized carbons (Fsp3) is 0.750. The first kappa shape index (κ1) is 24.6. The summed E-state index contributed by atoms with van der Waals surface area (Å²) in [6, 6.07) is 1.18. The van der Waals surface area contributed by atoms with Gasteiger partial charge >= 0.3 is 19.5 Å². The summed E-state index contributed by atoms with van der Waals surface area (Å²) in [6.45, 7) is 1.55. The predicted molar refractivity (Wildman–Crippen MR) is 116 cm³/mol. The van der Waals surface area contributed by atoms with Crippen LogP contribution in [0.15, 0.2) is 21.9 Å². The number of phosphoric ester groups is 1. The zero-order valence-electron chi connectivity index (χ0n) is 18.3. The summed E-state index contributed by atoms with van der Waals surface area (Å²) in [6.07, 6.45) is 4.05. The van der Waals surface area contributed by atoms with Crippen LogP contribution in [-0.4, -0.2) is 51.9 Å². The molecule has 1 N–H and O–H groups in total. The first-order valence-electron chi connectivity index (χ1n) is 11.1. The summed E-state index contributed by atoms with van der Waals surface area (Å²) in [5.41, 5.74) is -1.24. The second-order valence-electron chi connectivity index (χ2n) is 8.65. The van der Waals surface area contributed by atoms with Crippen LogP contribution in [0.5, 0.6) is 0 Å². The average molecular weight is 507 g/mol. The lowest BCUT2D eigenvalue weighted by atomic mass is 10.0. The quantitative estimate of drug-likeness (QED) is 0.244. The highest BCUT2D eigenvalue weighted by atomic mass is 35.5. The number of phosphoric acid groups is 1. The van der Waals surface area contributed by atoms with Crippen LogP contribution >= 0.6 is 19.4 Å². The first-order valence-corrected chi connectivity index (χ1v) is 12.9. The van der Waals surface area contributed by atoms with Crippen LogP contribution in [0, 0.1) is 0 Å². The molecule has 0 aromatic carbocycles. The van der Waals surface area contributed by atoms with E-state index in [9.17, 15) is 18.9 Å². The van der Waals surface area contributed by atoms with Crippen LogP contribution < -0.4 is 11.2 Å². The van der Waals surface area contributed by atoms with Crippen molar-refractivity contribution in [1.29, 1.82) is 0 Å². The van der Waals surface area contributed by atoms with Gasteiger partial charge in [0.2, 0.25) is 0 Å². The molecule has 0 amide bonds. The zero-order chi connectivity index (χ0) is 23.6. The van der Waals surface area contributed by atoms with Gasteiger partial charge in [-0.25, -0.2) is 9.36 Å². The van der Waals surface area contributed by atoms with Gasteiger partial charge in [-0.3, -0.25) is 32.7 Å². The smallest absolute Gasteiger partial charge is 0.462 e. The standard InChI is InChI=1S/C20H28ClN2O9P/c1-20(21)17-14(31-18(20)23-10-9-15(24)22-19(23)26)12-29-33(27,32-17)28-11-5-4-8-16(25)30-13-6-2-3-7-13/h9-10,13-14,17-18H,2-8,11-12H2,1H3,(H,22,24,26)/t14-,17-,18-,20-,33?/m1/s1. The van der Waals surface area contributed by atoms with E-state index < -0.39 is 42.4 Å². The maximum atomic E-state index is 13.0. The van der Waals surface area contributed by atoms with Crippen molar-refractivity contribution in [1.82, 2.24) is 9.55 Å². The number of carbonyl (C=O) groups excluding carboxylic acids is 1. The molecule has 1 aliphatic carbocycles. The van der Waals surface area contributed by atoms with Crippen LogP contribution in [0.3, 0.4) is 0 Å². The van der Waals surface area contributed by atoms with E-state index in [2.05, 4.69) is 4.98 Å². The highest BCUT2D eigenvalue weighted by molar-refractivity contribution is 7.48. The molecule has 1 unspecified atom stereocenters. The number of rotatable bonds is 8. The van der Waals surface area contributed by atoms with Crippen molar-refractivity contribution in [2.24, 2.45) is 0 Å². The highest BCUT2D eigenvalue weighted by Crippen LogP contribution is 2.60. The Morgan fingerprint density at radius 1 is 1.33 bits per heavy atom. The number of unbranched alkanes of at least 4 members (excludes halogenated alkanes) is 1.